The number of ether oxygens (including phenoxy) is 3. The van der Waals surface area contributed by atoms with Gasteiger partial charge in [-0.15, -0.1) is 0 Å². The van der Waals surface area contributed by atoms with E-state index in [1.807, 2.05) is 36.4 Å². The number of hydrogen-bond donors (Lipinski definition) is 2. The lowest BCUT2D eigenvalue weighted by Gasteiger charge is -2.12. The van der Waals surface area contributed by atoms with Crippen LogP contribution in [0.1, 0.15) is 11.7 Å². The van der Waals surface area contributed by atoms with Crippen LogP contribution in [-0.2, 0) is 4.79 Å². The summed E-state index contributed by atoms with van der Waals surface area (Å²) in [5.41, 5.74) is 2.52. The molecule has 2 N–H and O–H groups in total. The van der Waals surface area contributed by atoms with E-state index in [2.05, 4.69) is 10.3 Å². The molecule has 0 saturated heterocycles. The SMILES string of the molecule is COc1ccc2c(c1OC)c(=O)n1c3ccc(OCC(=O)NCC(O)c4ccccc4)cc3c3ccnc2c31. The molecule has 0 radical (unpaired) electrons. The first-order valence-electron chi connectivity index (χ1n) is 12.4. The van der Waals surface area contributed by atoms with Gasteiger partial charge < -0.3 is 24.6 Å². The summed E-state index contributed by atoms with van der Waals surface area (Å²) >= 11 is 0. The van der Waals surface area contributed by atoms with Crippen molar-refractivity contribution >= 4 is 44.0 Å². The number of carbonyl (C=O) groups is 1. The highest BCUT2D eigenvalue weighted by Crippen LogP contribution is 2.39. The van der Waals surface area contributed by atoms with Gasteiger partial charge in [-0.05, 0) is 42.0 Å². The third-order valence-corrected chi connectivity index (χ3v) is 6.91. The Balaban J connectivity index is 1.34. The number of nitrogens with one attached hydrogen (secondary N) is 1. The van der Waals surface area contributed by atoms with E-state index in [1.54, 1.807) is 40.9 Å². The Kier molecular flexibility index (Phi) is 6.12. The first kappa shape index (κ1) is 24.4. The van der Waals surface area contributed by atoms with Crippen LogP contribution in [0.4, 0.5) is 0 Å². The van der Waals surface area contributed by atoms with Gasteiger partial charge in [-0.2, -0.15) is 0 Å². The number of amides is 1. The summed E-state index contributed by atoms with van der Waals surface area (Å²) < 4.78 is 18.4. The highest BCUT2D eigenvalue weighted by molar-refractivity contribution is 6.19. The molecular weight excluding hydrogens is 498 g/mol. The summed E-state index contributed by atoms with van der Waals surface area (Å²) in [6, 6.07) is 19.9. The first-order chi connectivity index (χ1) is 19.0. The van der Waals surface area contributed by atoms with Crippen molar-refractivity contribution in [3.63, 3.8) is 0 Å². The molecule has 0 aliphatic rings. The number of hydrogen-bond acceptors (Lipinski definition) is 7. The first-order valence-corrected chi connectivity index (χ1v) is 12.4. The summed E-state index contributed by atoms with van der Waals surface area (Å²) in [4.78, 5) is 30.8. The number of aliphatic hydroxyl groups excluding tert-OH is 1. The second kappa shape index (κ2) is 9.77. The fraction of sp³-hybridized carbons (Fsp3) is 0.167. The number of nitrogens with zero attached hydrogens (tertiary/aromatic N) is 2. The van der Waals surface area contributed by atoms with Gasteiger partial charge in [0.2, 0.25) is 0 Å². The minimum Gasteiger partial charge on any atom is -0.493 e. The van der Waals surface area contributed by atoms with Crippen molar-refractivity contribution in [1.82, 2.24) is 14.7 Å². The van der Waals surface area contributed by atoms with Crippen molar-refractivity contribution in [2.45, 2.75) is 6.10 Å². The quantitative estimate of drug-likeness (QED) is 0.292. The van der Waals surface area contributed by atoms with Crippen LogP contribution >= 0.6 is 0 Å². The predicted octanol–water partition coefficient (Wildman–Crippen LogP) is 3.84. The molecule has 1 atom stereocenters. The zero-order valence-corrected chi connectivity index (χ0v) is 21.3. The molecule has 9 nitrogen and oxygen atoms in total. The molecule has 3 aromatic carbocycles. The van der Waals surface area contributed by atoms with E-state index < -0.39 is 6.10 Å². The second-order valence-corrected chi connectivity index (χ2v) is 9.12. The van der Waals surface area contributed by atoms with E-state index in [-0.39, 0.29) is 24.6 Å². The molecule has 3 aromatic heterocycles. The third kappa shape index (κ3) is 4.04. The van der Waals surface area contributed by atoms with Crippen molar-refractivity contribution < 1.29 is 24.1 Å². The number of aliphatic hydroxyl groups is 1. The van der Waals surface area contributed by atoms with Crippen LogP contribution in [0.2, 0.25) is 0 Å². The lowest BCUT2D eigenvalue weighted by atomic mass is 10.1. The van der Waals surface area contributed by atoms with Crippen molar-refractivity contribution in [3.05, 3.63) is 88.8 Å². The summed E-state index contributed by atoms with van der Waals surface area (Å²) in [6.45, 7) is -0.148. The average Bonchev–Trinajstić information content (AvgIpc) is 3.31. The molecule has 0 aliphatic carbocycles. The van der Waals surface area contributed by atoms with Gasteiger partial charge in [0.1, 0.15) is 5.75 Å². The van der Waals surface area contributed by atoms with Gasteiger partial charge >= 0.3 is 0 Å². The van der Waals surface area contributed by atoms with Crippen LogP contribution in [0.3, 0.4) is 0 Å². The van der Waals surface area contributed by atoms with Crippen LogP contribution in [0.25, 0.3) is 38.1 Å². The van der Waals surface area contributed by atoms with Crippen LogP contribution in [0.5, 0.6) is 17.2 Å². The van der Waals surface area contributed by atoms with Crippen molar-refractivity contribution in [2.24, 2.45) is 0 Å². The number of fused-ring (bicyclic) bond motifs is 5. The number of pyridine rings is 2. The molecule has 3 heterocycles. The number of methoxy groups -OCH3 is 2. The minimum absolute atomic E-state index is 0.0748. The van der Waals surface area contributed by atoms with Gasteiger partial charge in [0, 0.05) is 28.9 Å². The number of benzene rings is 3. The number of rotatable bonds is 8. The topological polar surface area (TPSA) is 111 Å². The molecule has 0 spiro atoms. The van der Waals surface area contributed by atoms with E-state index in [4.69, 9.17) is 14.2 Å². The Labute approximate surface area is 222 Å². The van der Waals surface area contributed by atoms with E-state index in [0.29, 0.717) is 44.6 Å². The average molecular weight is 524 g/mol. The van der Waals surface area contributed by atoms with Gasteiger partial charge in [0.15, 0.2) is 18.1 Å². The maximum Gasteiger partial charge on any atom is 0.267 e. The Morgan fingerprint density at radius 2 is 1.82 bits per heavy atom. The zero-order chi connectivity index (χ0) is 27.1. The maximum atomic E-state index is 13.8. The second-order valence-electron chi connectivity index (χ2n) is 9.12. The smallest absolute Gasteiger partial charge is 0.267 e. The fourth-order valence-corrected chi connectivity index (χ4v) is 5.09. The molecule has 196 valence electrons. The van der Waals surface area contributed by atoms with E-state index in [9.17, 15) is 14.7 Å². The number of aromatic nitrogens is 2. The summed E-state index contributed by atoms with van der Waals surface area (Å²) in [5.74, 6) is 0.933. The van der Waals surface area contributed by atoms with E-state index in [0.717, 1.165) is 16.3 Å². The summed E-state index contributed by atoms with van der Waals surface area (Å²) in [6.07, 6.45) is 0.895. The standard InChI is InChI=1S/C30H25N3O6/c1-37-24-11-9-20-26(29(24)38-2)30(36)33-22-10-8-18(14-21(22)19-12-13-31-27(20)28(19)33)39-16-25(35)32-15-23(34)17-6-4-3-5-7-17/h3-14,23,34H,15-16H2,1-2H3,(H,32,35). The molecule has 0 aliphatic heterocycles. The monoisotopic (exact) mass is 523 g/mol. The molecule has 6 aromatic rings. The highest BCUT2D eigenvalue weighted by atomic mass is 16.5. The Morgan fingerprint density at radius 1 is 1.00 bits per heavy atom. The molecule has 0 fully saturated rings. The Bertz CT molecular complexity index is 1900. The maximum absolute atomic E-state index is 13.8. The van der Waals surface area contributed by atoms with Crippen molar-refractivity contribution in [2.75, 3.05) is 27.4 Å². The number of carbonyl (C=O) groups excluding carboxylic acids is 1. The van der Waals surface area contributed by atoms with E-state index >= 15 is 0 Å². The van der Waals surface area contributed by atoms with E-state index in [1.165, 1.54) is 14.2 Å². The molecule has 0 bridgehead atoms. The molecule has 39 heavy (non-hydrogen) atoms. The lowest BCUT2D eigenvalue weighted by molar-refractivity contribution is -0.123. The molecule has 1 unspecified atom stereocenters. The van der Waals surface area contributed by atoms with Crippen LogP contribution < -0.4 is 25.1 Å². The molecule has 9 heteroatoms. The van der Waals surface area contributed by atoms with Gasteiger partial charge in [-0.1, -0.05) is 30.3 Å². The summed E-state index contributed by atoms with van der Waals surface area (Å²) in [5, 5.41) is 15.6. The molecule has 1 amide bonds. The molecular formula is C30H25N3O6. The van der Waals surface area contributed by atoms with Gasteiger partial charge in [0.05, 0.1) is 42.3 Å². The molecule has 0 saturated carbocycles. The molecule has 6 rings (SSSR count). The van der Waals surface area contributed by atoms with Gasteiger partial charge in [-0.3, -0.25) is 19.0 Å². The van der Waals surface area contributed by atoms with Gasteiger partial charge in [-0.25, -0.2) is 0 Å². The summed E-state index contributed by atoms with van der Waals surface area (Å²) in [7, 11) is 3.03. The lowest BCUT2D eigenvalue weighted by Crippen LogP contribution is -2.32. The zero-order valence-electron chi connectivity index (χ0n) is 21.3. The highest BCUT2D eigenvalue weighted by Gasteiger charge is 2.22. The van der Waals surface area contributed by atoms with Crippen molar-refractivity contribution in [3.8, 4) is 17.2 Å². The fourth-order valence-electron chi connectivity index (χ4n) is 5.09. The van der Waals surface area contributed by atoms with Crippen LogP contribution in [0.15, 0.2) is 77.7 Å². The largest absolute Gasteiger partial charge is 0.493 e. The van der Waals surface area contributed by atoms with Crippen LogP contribution in [0, 0.1) is 0 Å². The predicted molar refractivity (Wildman–Crippen MR) is 148 cm³/mol. The Morgan fingerprint density at radius 3 is 2.59 bits per heavy atom. The minimum atomic E-state index is -0.810. The van der Waals surface area contributed by atoms with Crippen LogP contribution in [-0.4, -0.2) is 47.8 Å². The normalized spacial score (nSPS) is 12.3. The van der Waals surface area contributed by atoms with Gasteiger partial charge in [0.25, 0.3) is 11.5 Å². The van der Waals surface area contributed by atoms with Crippen molar-refractivity contribution in [1.29, 1.82) is 0 Å². The third-order valence-electron chi connectivity index (χ3n) is 6.91. The Hall–Kier alpha value is -4.89.